The van der Waals surface area contributed by atoms with Crippen LogP contribution in [0.25, 0.3) is 10.8 Å². The molecular formula is C26H20Cl2N3NaO6S. The quantitative estimate of drug-likeness (QED) is 0.189. The van der Waals surface area contributed by atoms with Crippen LogP contribution >= 0.6 is 23.2 Å². The first-order valence-corrected chi connectivity index (χ1v) is 13.3. The maximum atomic E-state index is 13.4. The summed E-state index contributed by atoms with van der Waals surface area (Å²) in [7, 11) is -3.31. The molecule has 2 N–H and O–H groups in total. The fourth-order valence-electron chi connectivity index (χ4n) is 3.80. The number of benzene rings is 4. The predicted molar refractivity (Wildman–Crippen MR) is 144 cm³/mol. The van der Waals surface area contributed by atoms with E-state index in [4.69, 9.17) is 27.9 Å². The third kappa shape index (κ3) is 6.90. The van der Waals surface area contributed by atoms with Gasteiger partial charge in [-0.25, -0.2) is 0 Å². The molecule has 0 unspecified atom stereocenters. The Balaban J connectivity index is 0.00000420. The Morgan fingerprint density at radius 3 is 2.46 bits per heavy atom. The first kappa shape index (κ1) is 30.8. The van der Waals surface area contributed by atoms with E-state index in [0.717, 1.165) is 0 Å². The molecule has 0 spiro atoms. The van der Waals surface area contributed by atoms with E-state index in [9.17, 15) is 22.9 Å². The molecule has 0 aliphatic carbocycles. The number of methoxy groups -OCH3 is 1. The van der Waals surface area contributed by atoms with Gasteiger partial charge < -0.3 is 15.2 Å². The van der Waals surface area contributed by atoms with Crippen LogP contribution in [0.4, 0.5) is 17.1 Å². The van der Waals surface area contributed by atoms with E-state index in [2.05, 4.69) is 15.5 Å². The number of ether oxygens (including phenoxy) is 1. The van der Waals surface area contributed by atoms with Crippen LogP contribution in [0.2, 0.25) is 10.0 Å². The number of aryl methyl sites for hydroxylation is 1. The number of azo groups is 1. The van der Waals surface area contributed by atoms with Gasteiger partial charge in [0.25, 0.3) is 16.0 Å². The number of hydrogen-bond acceptors (Lipinski definition) is 7. The first-order chi connectivity index (χ1) is 18.0. The van der Waals surface area contributed by atoms with E-state index in [-0.39, 0.29) is 51.5 Å². The second-order valence-electron chi connectivity index (χ2n) is 8.11. The van der Waals surface area contributed by atoms with Crippen LogP contribution in [0.3, 0.4) is 0 Å². The van der Waals surface area contributed by atoms with Crippen molar-refractivity contribution in [2.45, 2.75) is 18.2 Å². The number of hydrogen-bond donors (Lipinski definition) is 2. The summed E-state index contributed by atoms with van der Waals surface area (Å²) in [5.74, 6) is -1.06. The molecule has 0 aliphatic heterocycles. The van der Waals surface area contributed by atoms with Crippen molar-refractivity contribution < 1.29 is 57.2 Å². The van der Waals surface area contributed by atoms with Crippen LogP contribution in [0.1, 0.15) is 22.8 Å². The Bertz CT molecular complexity index is 1710. The second-order valence-corrected chi connectivity index (χ2v) is 10.3. The largest absolute Gasteiger partial charge is 1.00 e. The molecule has 39 heavy (non-hydrogen) atoms. The summed E-state index contributed by atoms with van der Waals surface area (Å²) in [6.45, 7) is 1.82. The van der Waals surface area contributed by atoms with Crippen LogP contribution in [0.15, 0.2) is 75.8 Å². The third-order valence-electron chi connectivity index (χ3n) is 5.59. The van der Waals surface area contributed by atoms with E-state index in [1.54, 1.807) is 30.3 Å². The van der Waals surface area contributed by atoms with Crippen LogP contribution in [0, 0.1) is 0 Å². The van der Waals surface area contributed by atoms with Gasteiger partial charge in [0.2, 0.25) is 0 Å². The summed E-state index contributed by atoms with van der Waals surface area (Å²) in [6, 6.07) is 15.5. The summed E-state index contributed by atoms with van der Waals surface area (Å²) in [5.41, 5.74) is 0.261. The molecule has 0 fully saturated rings. The minimum absolute atomic E-state index is 0. The van der Waals surface area contributed by atoms with Crippen molar-refractivity contribution in [3.8, 4) is 11.5 Å². The van der Waals surface area contributed by atoms with Gasteiger partial charge in [0.1, 0.15) is 16.3 Å². The van der Waals surface area contributed by atoms with Gasteiger partial charge in [0.05, 0.1) is 17.8 Å². The molecule has 0 aliphatic rings. The van der Waals surface area contributed by atoms with Crippen molar-refractivity contribution in [1.82, 2.24) is 0 Å². The van der Waals surface area contributed by atoms with E-state index in [1.165, 1.54) is 37.4 Å². The zero-order valence-electron chi connectivity index (χ0n) is 21.0. The summed E-state index contributed by atoms with van der Waals surface area (Å²) in [6.07, 6.45) is 0.494. The molecule has 0 saturated carbocycles. The Labute approximate surface area is 256 Å². The molecule has 0 atom stereocenters. The summed E-state index contributed by atoms with van der Waals surface area (Å²) >= 11 is 12.2. The fourth-order valence-corrected chi connectivity index (χ4v) is 5.22. The average Bonchev–Trinajstić information content (AvgIpc) is 2.86. The molecule has 4 aromatic rings. The minimum atomic E-state index is -4.76. The number of rotatable bonds is 7. The summed E-state index contributed by atoms with van der Waals surface area (Å²) in [5, 5.41) is 25.1. The topological polar surface area (TPSA) is 140 Å². The van der Waals surface area contributed by atoms with Crippen LogP contribution in [-0.2, 0) is 16.5 Å². The molecule has 0 saturated heterocycles. The normalized spacial score (nSPS) is 11.4. The monoisotopic (exact) mass is 595 g/mol. The molecule has 4 rings (SSSR count). The van der Waals surface area contributed by atoms with Crippen molar-refractivity contribution in [3.63, 3.8) is 0 Å². The molecule has 0 aromatic heterocycles. The number of carbonyl (C=O) groups excluding carboxylic acids is 1. The number of nitrogens with zero attached hydrogens (tertiary/aromatic N) is 2. The van der Waals surface area contributed by atoms with E-state index >= 15 is 0 Å². The summed E-state index contributed by atoms with van der Waals surface area (Å²) < 4.78 is 38.8. The average molecular weight is 596 g/mol. The van der Waals surface area contributed by atoms with Gasteiger partial charge in [-0.05, 0) is 47.7 Å². The Morgan fingerprint density at radius 1 is 1.08 bits per heavy atom. The maximum absolute atomic E-state index is 13.4. The number of carbonyl (C=O) groups is 1. The van der Waals surface area contributed by atoms with Gasteiger partial charge in [-0.15, -0.1) is 5.11 Å². The molecule has 196 valence electrons. The van der Waals surface area contributed by atoms with E-state index < -0.39 is 26.7 Å². The minimum Gasteiger partial charge on any atom is -0.870 e. The predicted octanol–water partition coefficient (Wildman–Crippen LogP) is 3.71. The number of anilines is 1. The Morgan fingerprint density at radius 2 is 1.79 bits per heavy atom. The molecule has 9 nitrogen and oxygen atoms in total. The Kier molecular flexibility index (Phi) is 10.0. The number of fused-ring (bicyclic) bond motifs is 1. The molecule has 0 heterocycles. The molecule has 4 aromatic carbocycles. The van der Waals surface area contributed by atoms with Crippen molar-refractivity contribution in [1.29, 1.82) is 0 Å². The summed E-state index contributed by atoms with van der Waals surface area (Å²) in [4.78, 5) is 12.5. The van der Waals surface area contributed by atoms with Crippen LogP contribution < -0.4 is 44.7 Å². The van der Waals surface area contributed by atoms with Crippen molar-refractivity contribution in [2.24, 2.45) is 10.2 Å². The van der Waals surface area contributed by atoms with E-state index in [0.29, 0.717) is 39.2 Å². The van der Waals surface area contributed by atoms with Gasteiger partial charge in [-0.1, -0.05) is 60.1 Å². The van der Waals surface area contributed by atoms with Gasteiger partial charge >= 0.3 is 29.6 Å². The SMILES string of the molecule is CCc1cc(Cl)c(S(=O)(=O)O)c(N=Nc2c([O-])c(C(=O)Nc3cc(Cl)cc(OC)c3)cc3ccccc23)c1.[Na+]. The second kappa shape index (κ2) is 12.6. The van der Waals surface area contributed by atoms with Crippen molar-refractivity contribution in [2.75, 3.05) is 12.4 Å². The van der Waals surface area contributed by atoms with Crippen molar-refractivity contribution in [3.05, 3.63) is 81.8 Å². The van der Waals surface area contributed by atoms with Crippen LogP contribution in [-0.4, -0.2) is 26.0 Å². The molecule has 0 bridgehead atoms. The first-order valence-electron chi connectivity index (χ1n) is 11.1. The molecular weight excluding hydrogens is 576 g/mol. The standard InChI is InChI=1S/C26H21Cl2N3O6S.Na/c1-3-14-8-21(28)25(38(34,35)36)22(9-14)30-31-23-19-7-5-4-6-15(19)10-20(24(23)32)26(33)29-17-11-16(27)12-18(13-17)37-2;/h4-13,32H,3H2,1-2H3,(H,29,33)(H,34,35,36);/q;+1/p-1. The third-order valence-corrected chi connectivity index (χ3v) is 7.17. The van der Waals surface area contributed by atoms with Crippen molar-refractivity contribution >= 4 is 67.1 Å². The maximum Gasteiger partial charge on any atom is 1.00 e. The molecule has 13 heteroatoms. The smallest absolute Gasteiger partial charge is 0.870 e. The fraction of sp³-hybridized carbons (Fsp3) is 0.115. The molecule has 1 amide bonds. The van der Waals surface area contributed by atoms with Gasteiger partial charge in [-0.3, -0.25) is 9.35 Å². The number of amides is 1. The number of halogens is 2. The Hall–Kier alpha value is -2.70. The zero-order chi connectivity index (χ0) is 27.6. The van der Waals surface area contributed by atoms with Gasteiger partial charge in [0.15, 0.2) is 0 Å². The van der Waals surface area contributed by atoms with Crippen LogP contribution in [0.5, 0.6) is 11.5 Å². The molecule has 0 radical (unpaired) electrons. The number of nitrogens with one attached hydrogen (secondary N) is 1. The van der Waals surface area contributed by atoms with E-state index in [1.807, 2.05) is 6.92 Å². The van der Waals surface area contributed by atoms with Gasteiger partial charge in [-0.2, -0.15) is 13.5 Å². The van der Waals surface area contributed by atoms with Gasteiger partial charge in [0, 0.05) is 27.7 Å². The zero-order valence-corrected chi connectivity index (χ0v) is 25.4.